The second-order valence-corrected chi connectivity index (χ2v) is 11.4. The maximum atomic E-state index is 14.0. The Kier molecular flexibility index (Phi) is 6.93. The van der Waals surface area contributed by atoms with Crippen molar-refractivity contribution in [2.24, 2.45) is 4.99 Å². The molecule has 0 bridgehead atoms. The van der Waals surface area contributed by atoms with Gasteiger partial charge in [0.25, 0.3) is 5.56 Å². The molecule has 9 heteroatoms. The minimum absolute atomic E-state index is 0.124. The molecule has 2 aliphatic rings. The van der Waals surface area contributed by atoms with Gasteiger partial charge in [-0.05, 0) is 81.4 Å². The van der Waals surface area contributed by atoms with Gasteiger partial charge in [-0.3, -0.25) is 14.2 Å². The van der Waals surface area contributed by atoms with Gasteiger partial charge in [0.15, 0.2) is 16.3 Å². The van der Waals surface area contributed by atoms with Crippen molar-refractivity contribution >= 4 is 45.0 Å². The molecule has 1 atom stereocenters. The number of rotatable bonds is 5. The summed E-state index contributed by atoms with van der Waals surface area (Å²) in [7, 11) is 3.15. The summed E-state index contributed by atoms with van der Waals surface area (Å²) in [5.74, 6) is 0.950. The SMILES string of the molecule is COc1cccc([C@H]2C3=C(N=c4s/c(=C/c5cc(Br)c(OC(C)=O)c(OC)c5)c(=O)n42)c2ccccc2CC3)c1. The number of aromatic nitrogens is 1. The Hall–Kier alpha value is -3.95. The Labute approximate surface area is 242 Å². The Bertz CT molecular complexity index is 1890. The first kappa shape index (κ1) is 26.3. The zero-order valence-electron chi connectivity index (χ0n) is 22.1. The monoisotopic (exact) mass is 616 g/mol. The minimum atomic E-state index is -0.455. The molecule has 3 aromatic carbocycles. The molecule has 1 aliphatic carbocycles. The van der Waals surface area contributed by atoms with E-state index >= 15 is 0 Å². The number of fused-ring (bicyclic) bond motifs is 3. The van der Waals surface area contributed by atoms with Crippen LogP contribution in [0.3, 0.4) is 0 Å². The van der Waals surface area contributed by atoms with E-state index in [0.717, 1.165) is 46.6 Å². The van der Waals surface area contributed by atoms with E-state index in [2.05, 4.69) is 34.1 Å². The van der Waals surface area contributed by atoms with E-state index in [1.807, 2.05) is 36.4 Å². The maximum absolute atomic E-state index is 14.0. The van der Waals surface area contributed by atoms with Crippen molar-refractivity contribution in [3.05, 3.63) is 113 Å². The van der Waals surface area contributed by atoms with Gasteiger partial charge in [0.05, 0.1) is 35.0 Å². The summed E-state index contributed by atoms with van der Waals surface area (Å²) in [6.07, 6.45) is 3.51. The number of thiazole rings is 1. The first-order chi connectivity index (χ1) is 19.4. The molecular formula is C31H25BrN2O5S. The fourth-order valence-corrected chi connectivity index (χ4v) is 6.89. The van der Waals surface area contributed by atoms with Crippen molar-refractivity contribution in [1.82, 2.24) is 4.57 Å². The van der Waals surface area contributed by atoms with Gasteiger partial charge in [0.1, 0.15) is 5.75 Å². The molecular weight excluding hydrogens is 592 g/mol. The summed E-state index contributed by atoms with van der Waals surface area (Å²) in [4.78, 5) is 31.3. The van der Waals surface area contributed by atoms with Crippen molar-refractivity contribution in [3.8, 4) is 17.2 Å². The number of halogens is 1. The molecule has 0 unspecified atom stereocenters. The van der Waals surface area contributed by atoms with E-state index in [4.69, 9.17) is 19.2 Å². The van der Waals surface area contributed by atoms with Crippen molar-refractivity contribution < 1.29 is 19.0 Å². The van der Waals surface area contributed by atoms with Crippen molar-refractivity contribution in [2.45, 2.75) is 25.8 Å². The first-order valence-corrected chi connectivity index (χ1v) is 14.3. The number of allylic oxidation sites excluding steroid dienone is 1. The summed E-state index contributed by atoms with van der Waals surface area (Å²) in [5, 5.41) is 0. The van der Waals surface area contributed by atoms with Crippen LogP contribution < -0.4 is 29.1 Å². The molecule has 0 fully saturated rings. The molecule has 0 saturated heterocycles. The third kappa shape index (κ3) is 4.59. The van der Waals surface area contributed by atoms with Crippen LogP contribution in [0.25, 0.3) is 11.8 Å². The van der Waals surface area contributed by atoms with Gasteiger partial charge >= 0.3 is 5.97 Å². The first-order valence-electron chi connectivity index (χ1n) is 12.7. The highest BCUT2D eigenvalue weighted by Crippen LogP contribution is 2.42. The van der Waals surface area contributed by atoms with Crippen LogP contribution in [0.2, 0.25) is 0 Å². The maximum Gasteiger partial charge on any atom is 0.308 e. The molecule has 1 aromatic heterocycles. The number of carbonyl (C=O) groups excluding carboxylic acids is 1. The predicted octanol–water partition coefficient (Wildman–Crippen LogP) is 5.02. The zero-order chi connectivity index (χ0) is 28.0. The van der Waals surface area contributed by atoms with E-state index in [1.54, 1.807) is 23.8 Å². The average Bonchev–Trinajstić information content (AvgIpc) is 3.26. The summed E-state index contributed by atoms with van der Waals surface area (Å²) in [6, 6.07) is 19.5. The molecule has 40 heavy (non-hydrogen) atoms. The molecule has 0 spiro atoms. The zero-order valence-corrected chi connectivity index (χ0v) is 24.5. The van der Waals surface area contributed by atoms with Crippen LogP contribution in [-0.4, -0.2) is 24.8 Å². The van der Waals surface area contributed by atoms with Gasteiger partial charge in [0.2, 0.25) is 0 Å². The lowest BCUT2D eigenvalue weighted by molar-refractivity contribution is -0.132. The Morgan fingerprint density at radius 3 is 2.67 bits per heavy atom. The van der Waals surface area contributed by atoms with Gasteiger partial charge in [-0.25, -0.2) is 4.99 Å². The number of hydrogen-bond acceptors (Lipinski definition) is 7. The lowest BCUT2D eigenvalue weighted by Gasteiger charge is -2.31. The van der Waals surface area contributed by atoms with Crippen LogP contribution in [0.5, 0.6) is 17.2 Å². The van der Waals surface area contributed by atoms with Gasteiger partial charge in [-0.15, -0.1) is 0 Å². The molecule has 0 N–H and O–H groups in total. The summed E-state index contributed by atoms with van der Waals surface area (Å²) in [5.41, 5.74) is 6.02. The quantitative estimate of drug-likeness (QED) is 0.232. The van der Waals surface area contributed by atoms with Crippen LogP contribution in [-0.2, 0) is 11.2 Å². The van der Waals surface area contributed by atoms with Crippen LogP contribution in [0.1, 0.15) is 41.6 Å². The molecule has 4 aromatic rings. The smallest absolute Gasteiger partial charge is 0.308 e. The molecule has 1 aliphatic heterocycles. The second kappa shape index (κ2) is 10.6. The van der Waals surface area contributed by atoms with Gasteiger partial charge in [-0.1, -0.05) is 47.7 Å². The number of nitrogens with zero attached hydrogens (tertiary/aromatic N) is 2. The number of methoxy groups -OCH3 is 2. The number of carbonyl (C=O) groups is 1. The predicted molar refractivity (Wildman–Crippen MR) is 158 cm³/mol. The number of ether oxygens (including phenoxy) is 3. The summed E-state index contributed by atoms with van der Waals surface area (Å²) in [6.45, 7) is 1.33. The third-order valence-corrected chi connectivity index (χ3v) is 8.65. The molecule has 0 radical (unpaired) electrons. The number of hydrogen-bond donors (Lipinski definition) is 0. The summed E-state index contributed by atoms with van der Waals surface area (Å²) >= 11 is 4.82. The number of aryl methyl sites for hydroxylation is 1. The third-order valence-electron chi connectivity index (χ3n) is 7.08. The van der Waals surface area contributed by atoms with E-state index in [9.17, 15) is 9.59 Å². The molecule has 7 nitrogen and oxygen atoms in total. The number of esters is 1. The topological polar surface area (TPSA) is 79.1 Å². The highest BCUT2D eigenvalue weighted by atomic mass is 79.9. The van der Waals surface area contributed by atoms with Gasteiger partial charge in [-0.2, -0.15) is 0 Å². The lowest BCUT2D eigenvalue weighted by Crippen LogP contribution is -2.38. The van der Waals surface area contributed by atoms with Gasteiger partial charge in [0, 0.05) is 12.5 Å². The van der Waals surface area contributed by atoms with E-state index in [1.165, 1.54) is 30.9 Å². The highest BCUT2D eigenvalue weighted by molar-refractivity contribution is 9.10. The van der Waals surface area contributed by atoms with Crippen molar-refractivity contribution in [3.63, 3.8) is 0 Å². The van der Waals surface area contributed by atoms with Crippen LogP contribution in [0.4, 0.5) is 0 Å². The van der Waals surface area contributed by atoms with Crippen molar-refractivity contribution in [1.29, 1.82) is 0 Å². The largest absolute Gasteiger partial charge is 0.497 e. The second-order valence-electron chi connectivity index (χ2n) is 9.52. The standard InChI is InChI=1S/C31H25BrN2O5S/c1-17(35)39-29-24(32)13-18(14-25(29)38-3)15-26-30(36)34-28(20-8-6-9-21(16-20)37-2)23-12-11-19-7-4-5-10-22(19)27(23)33-31(34)40-26/h4-10,13-16,28H,11-12H2,1-3H3/b26-15+/t28-/m0/s1. The average molecular weight is 618 g/mol. The van der Waals surface area contributed by atoms with Crippen LogP contribution >= 0.6 is 27.3 Å². The molecule has 2 heterocycles. The van der Waals surface area contributed by atoms with E-state index in [-0.39, 0.29) is 17.4 Å². The Morgan fingerprint density at radius 2 is 1.90 bits per heavy atom. The molecule has 202 valence electrons. The molecule has 0 amide bonds. The number of benzene rings is 3. The lowest BCUT2D eigenvalue weighted by atomic mass is 9.83. The van der Waals surface area contributed by atoms with Crippen LogP contribution in [0, 0.1) is 0 Å². The summed E-state index contributed by atoms with van der Waals surface area (Å²) < 4.78 is 19.2. The fourth-order valence-electron chi connectivity index (χ4n) is 5.35. The van der Waals surface area contributed by atoms with E-state index in [0.29, 0.717) is 19.6 Å². The van der Waals surface area contributed by atoms with Gasteiger partial charge < -0.3 is 14.2 Å². The fraction of sp³-hybridized carbons (Fsp3) is 0.194. The Morgan fingerprint density at radius 1 is 1.07 bits per heavy atom. The highest BCUT2D eigenvalue weighted by Gasteiger charge is 2.32. The Balaban J connectivity index is 1.57. The normalized spacial score (nSPS) is 16.0. The minimum Gasteiger partial charge on any atom is -0.497 e. The van der Waals surface area contributed by atoms with E-state index < -0.39 is 5.97 Å². The molecule has 6 rings (SSSR count). The van der Waals surface area contributed by atoms with Crippen molar-refractivity contribution in [2.75, 3.05) is 14.2 Å². The van der Waals surface area contributed by atoms with Crippen LogP contribution in [0.15, 0.2) is 80.5 Å². The molecule has 0 saturated carbocycles.